The SMILES string of the molecule is CN1CCCC[C@@H]1CN1CCN(C(=O)c2cc(F)cc(F)c2)CC1. The average Bonchev–Trinajstić information content (AvgIpc) is 2.56. The van der Waals surface area contributed by atoms with Crippen molar-refractivity contribution in [3.63, 3.8) is 0 Å². The van der Waals surface area contributed by atoms with Gasteiger partial charge in [-0.1, -0.05) is 6.42 Å². The molecular weight excluding hydrogens is 312 g/mol. The molecule has 2 heterocycles. The highest BCUT2D eigenvalue weighted by Gasteiger charge is 2.26. The largest absolute Gasteiger partial charge is 0.336 e. The van der Waals surface area contributed by atoms with Gasteiger partial charge in [-0.2, -0.15) is 0 Å². The number of likely N-dealkylation sites (N-methyl/N-ethyl adjacent to an activating group) is 1. The van der Waals surface area contributed by atoms with Crippen LogP contribution in [0.2, 0.25) is 0 Å². The molecule has 2 saturated heterocycles. The molecule has 1 aromatic carbocycles. The molecule has 0 bridgehead atoms. The lowest BCUT2D eigenvalue weighted by atomic mass is 10.0. The summed E-state index contributed by atoms with van der Waals surface area (Å²) in [5.74, 6) is -1.71. The number of piperazine rings is 1. The summed E-state index contributed by atoms with van der Waals surface area (Å²) in [6.07, 6.45) is 3.80. The van der Waals surface area contributed by atoms with E-state index in [1.54, 1.807) is 4.90 Å². The van der Waals surface area contributed by atoms with Crippen LogP contribution in [0.5, 0.6) is 0 Å². The number of carbonyl (C=O) groups is 1. The highest BCUT2D eigenvalue weighted by molar-refractivity contribution is 5.94. The smallest absolute Gasteiger partial charge is 0.254 e. The third kappa shape index (κ3) is 4.11. The Morgan fingerprint density at radius 2 is 1.71 bits per heavy atom. The lowest BCUT2D eigenvalue weighted by Gasteiger charge is -2.40. The molecule has 0 unspecified atom stereocenters. The summed E-state index contributed by atoms with van der Waals surface area (Å²) in [5, 5.41) is 0. The van der Waals surface area contributed by atoms with Gasteiger partial charge in [-0.3, -0.25) is 9.69 Å². The van der Waals surface area contributed by atoms with Crippen molar-refractivity contribution < 1.29 is 13.6 Å². The minimum atomic E-state index is -0.711. The number of halogens is 2. The first-order valence-corrected chi connectivity index (χ1v) is 8.71. The first kappa shape index (κ1) is 17.3. The van der Waals surface area contributed by atoms with Crippen LogP contribution in [0, 0.1) is 11.6 Å². The molecule has 1 atom stereocenters. The molecule has 1 aromatic rings. The van der Waals surface area contributed by atoms with Crippen molar-refractivity contribution in [2.45, 2.75) is 25.3 Å². The van der Waals surface area contributed by atoms with E-state index in [2.05, 4.69) is 16.8 Å². The van der Waals surface area contributed by atoms with Gasteiger partial charge >= 0.3 is 0 Å². The number of hydrogen-bond donors (Lipinski definition) is 0. The molecule has 0 N–H and O–H groups in total. The molecule has 0 aromatic heterocycles. The van der Waals surface area contributed by atoms with Crippen molar-refractivity contribution in [3.8, 4) is 0 Å². The number of amides is 1. The van der Waals surface area contributed by atoms with E-state index in [-0.39, 0.29) is 11.5 Å². The van der Waals surface area contributed by atoms with Crippen LogP contribution in [-0.2, 0) is 0 Å². The molecule has 2 aliphatic heterocycles. The van der Waals surface area contributed by atoms with Gasteiger partial charge in [-0.05, 0) is 38.6 Å². The van der Waals surface area contributed by atoms with Gasteiger partial charge < -0.3 is 9.80 Å². The Morgan fingerprint density at radius 3 is 2.33 bits per heavy atom. The van der Waals surface area contributed by atoms with E-state index in [4.69, 9.17) is 0 Å². The second-order valence-corrected chi connectivity index (χ2v) is 6.88. The minimum absolute atomic E-state index is 0.0907. The zero-order valence-electron chi connectivity index (χ0n) is 14.2. The van der Waals surface area contributed by atoms with Crippen molar-refractivity contribution >= 4 is 5.91 Å². The molecule has 0 radical (unpaired) electrons. The molecule has 0 aliphatic carbocycles. The summed E-state index contributed by atoms with van der Waals surface area (Å²) in [6, 6.07) is 3.59. The number of likely N-dealkylation sites (tertiary alicyclic amines) is 1. The molecule has 0 saturated carbocycles. The predicted octanol–water partition coefficient (Wildman–Crippen LogP) is 2.21. The fourth-order valence-electron chi connectivity index (χ4n) is 3.67. The van der Waals surface area contributed by atoms with Crippen LogP contribution in [0.3, 0.4) is 0 Å². The van der Waals surface area contributed by atoms with Crippen LogP contribution in [0.4, 0.5) is 8.78 Å². The quantitative estimate of drug-likeness (QED) is 0.846. The topological polar surface area (TPSA) is 26.8 Å². The van der Waals surface area contributed by atoms with Gasteiger partial charge in [-0.15, -0.1) is 0 Å². The fourth-order valence-corrected chi connectivity index (χ4v) is 3.67. The Kier molecular flexibility index (Phi) is 5.46. The van der Waals surface area contributed by atoms with Crippen molar-refractivity contribution in [3.05, 3.63) is 35.4 Å². The molecule has 2 fully saturated rings. The second-order valence-electron chi connectivity index (χ2n) is 6.88. The molecule has 24 heavy (non-hydrogen) atoms. The molecule has 4 nitrogen and oxygen atoms in total. The van der Waals surface area contributed by atoms with Crippen molar-refractivity contribution in [2.75, 3.05) is 46.3 Å². The van der Waals surface area contributed by atoms with E-state index in [9.17, 15) is 13.6 Å². The van der Waals surface area contributed by atoms with Gasteiger partial charge in [0.05, 0.1) is 0 Å². The lowest BCUT2D eigenvalue weighted by Crippen LogP contribution is -2.53. The number of benzene rings is 1. The van der Waals surface area contributed by atoms with E-state index >= 15 is 0 Å². The first-order valence-electron chi connectivity index (χ1n) is 8.71. The molecule has 0 spiro atoms. The fraction of sp³-hybridized carbons (Fsp3) is 0.611. The summed E-state index contributed by atoms with van der Waals surface area (Å²) in [4.78, 5) is 18.9. The average molecular weight is 337 g/mol. The van der Waals surface area contributed by atoms with Gasteiger partial charge in [0.15, 0.2) is 0 Å². The number of piperidine rings is 1. The highest BCUT2D eigenvalue weighted by atomic mass is 19.1. The summed E-state index contributed by atoms with van der Waals surface area (Å²) in [6.45, 7) is 5.03. The number of hydrogen-bond acceptors (Lipinski definition) is 3. The van der Waals surface area contributed by atoms with Crippen LogP contribution in [0.25, 0.3) is 0 Å². The Hall–Kier alpha value is -1.53. The maximum absolute atomic E-state index is 13.3. The maximum atomic E-state index is 13.3. The molecule has 6 heteroatoms. The summed E-state index contributed by atoms with van der Waals surface area (Å²) in [5.41, 5.74) is 0.0907. The van der Waals surface area contributed by atoms with Crippen LogP contribution >= 0.6 is 0 Å². The predicted molar refractivity (Wildman–Crippen MR) is 89.0 cm³/mol. The van der Waals surface area contributed by atoms with Gasteiger partial charge in [-0.25, -0.2) is 8.78 Å². The van der Waals surface area contributed by atoms with Gasteiger partial charge in [0, 0.05) is 50.4 Å². The Balaban J connectivity index is 1.53. The normalized spacial score (nSPS) is 23.5. The number of carbonyl (C=O) groups excluding carboxylic acids is 1. The molecule has 2 aliphatic rings. The lowest BCUT2D eigenvalue weighted by molar-refractivity contribution is 0.0564. The van der Waals surface area contributed by atoms with Gasteiger partial charge in [0.1, 0.15) is 11.6 Å². The number of rotatable bonds is 3. The van der Waals surface area contributed by atoms with E-state index in [0.29, 0.717) is 19.1 Å². The Labute approximate surface area is 142 Å². The Bertz CT molecular complexity index is 567. The van der Waals surface area contributed by atoms with E-state index in [1.165, 1.54) is 19.3 Å². The second kappa shape index (κ2) is 7.57. The number of nitrogens with zero attached hydrogens (tertiary/aromatic N) is 3. The van der Waals surface area contributed by atoms with Crippen LogP contribution in [0.1, 0.15) is 29.6 Å². The minimum Gasteiger partial charge on any atom is -0.336 e. The molecule has 1 amide bonds. The van der Waals surface area contributed by atoms with Gasteiger partial charge in [0.2, 0.25) is 0 Å². The third-order valence-electron chi connectivity index (χ3n) is 5.16. The summed E-state index contributed by atoms with van der Waals surface area (Å²) < 4.78 is 26.6. The zero-order chi connectivity index (χ0) is 17.1. The summed E-state index contributed by atoms with van der Waals surface area (Å²) in [7, 11) is 2.18. The van der Waals surface area contributed by atoms with Crippen LogP contribution in [-0.4, -0.2) is 73.0 Å². The monoisotopic (exact) mass is 337 g/mol. The standard InChI is InChI=1S/C18H25F2N3O/c1-21-5-3-2-4-17(21)13-22-6-8-23(9-7-22)18(24)14-10-15(19)12-16(20)11-14/h10-12,17H,2-9,13H2,1H3/t17-/m1/s1. The Morgan fingerprint density at radius 1 is 1.04 bits per heavy atom. The third-order valence-corrected chi connectivity index (χ3v) is 5.16. The summed E-state index contributed by atoms with van der Waals surface area (Å²) >= 11 is 0. The van der Waals surface area contributed by atoms with E-state index in [0.717, 1.165) is 44.4 Å². The molecule has 3 rings (SSSR count). The molecular formula is C18H25F2N3O. The van der Waals surface area contributed by atoms with Crippen molar-refractivity contribution in [1.29, 1.82) is 0 Å². The van der Waals surface area contributed by atoms with E-state index < -0.39 is 11.6 Å². The first-order chi connectivity index (χ1) is 11.5. The van der Waals surface area contributed by atoms with Gasteiger partial charge in [0.25, 0.3) is 5.91 Å². The zero-order valence-corrected chi connectivity index (χ0v) is 14.2. The molecule has 132 valence electrons. The highest BCUT2D eigenvalue weighted by Crippen LogP contribution is 2.18. The van der Waals surface area contributed by atoms with Crippen molar-refractivity contribution in [2.24, 2.45) is 0 Å². The maximum Gasteiger partial charge on any atom is 0.254 e. The van der Waals surface area contributed by atoms with Crippen LogP contribution in [0.15, 0.2) is 18.2 Å². The van der Waals surface area contributed by atoms with Crippen molar-refractivity contribution in [1.82, 2.24) is 14.7 Å². The van der Waals surface area contributed by atoms with Crippen LogP contribution < -0.4 is 0 Å². The van der Waals surface area contributed by atoms with E-state index in [1.807, 2.05) is 0 Å².